The van der Waals surface area contributed by atoms with Crippen molar-refractivity contribution in [1.29, 1.82) is 0 Å². The van der Waals surface area contributed by atoms with Gasteiger partial charge in [-0.1, -0.05) is 20.4 Å². The molecule has 1 saturated heterocycles. The van der Waals surface area contributed by atoms with E-state index in [1.807, 2.05) is 6.92 Å². The van der Waals surface area contributed by atoms with Gasteiger partial charge in [-0.25, -0.2) is 9.18 Å². The second-order valence-electron chi connectivity index (χ2n) is 5.28. The standard InChI is InChI=1S/C14H19FN2O3/c1-5-14(8(2)3)9(4)11(15)12(20-14)17-7-6-10(18)16-13(17)19/h6-7,9,11-12H,2,5H2,1,3-4H3,(H,16,18,19)/t9-,11-,12+,14-/m0/s1. The van der Waals surface area contributed by atoms with Crippen molar-refractivity contribution in [2.24, 2.45) is 5.92 Å². The molecule has 1 N–H and O–H groups in total. The highest BCUT2D eigenvalue weighted by atomic mass is 19.1. The van der Waals surface area contributed by atoms with Crippen LogP contribution in [0, 0.1) is 5.92 Å². The summed E-state index contributed by atoms with van der Waals surface area (Å²) in [7, 11) is 0. The Morgan fingerprint density at radius 3 is 2.70 bits per heavy atom. The van der Waals surface area contributed by atoms with Gasteiger partial charge in [-0.2, -0.15) is 0 Å². The molecule has 0 aliphatic carbocycles. The van der Waals surface area contributed by atoms with Crippen molar-refractivity contribution >= 4 is 0 Å². The average Bonchev–Trinajstić information content (AvgIpc) is 2.64. The fourth-order valence-corrected chi connectivity index (χ4v) is 2.93. The topological polar surface area (TPSA) is 64.1 Å². The number of nitrogens with one attached hydrogen (secondary N) is 1. The molecule has 0 saturated carbocycles. The molecule has 0 aromatic carbocycles. The maximum absolute atomic E-state index is 14.6. The fraction of sp³-hybridized carbons (Fsp3) is 0.571. The lowest BCUT2D eigenvalue weighted by Crippen LogP contribution is -2.36. The zero-order valence-corrected chi connectivity index (χ0v) is 11.9. The summed E-state index contributed by atoms with van der Waals surface area (Å²) < 4.78 is 21.5. The van der Waals surface area contributed by atoms with E-state index in [0.29, 0.717) is 6.42 Å². The van der Waals surface area contributed by atoms with E-state index in [4.69, 9.17) is 4.74 Å². The minimum atomic E-state index is -1.35. The first-order valence-corrected chi connectivity index (χ1v) is 6.63. The summed E-state index contributed by atoms with van der Waals surface area (Å²) in [6.07, 6.45) is -0.574. The zero-order valence-electron chi connectivity index (χ0n) is 11.9. The molecule has 110 valence electrons. The average molecular weight is 282 g/mol. The minimum Gasteiger partial charge on any atom is -0.344 e. The number of alkyl halides is 1. The molecule has 1 fully saturated rings. The van der Waals surface area contributed by atoms with Gasteiger partial charge in [-0.15, -0.1) is 0 Å². The minimum absolute atomic E-state index is 0.422. The Balaban J connectivity index is 2.47. The van der Waals surface area contributed by atoms with Gasteiger partial charge >= 0.3 is 5.69 Å². The highest BCUT2D eigenvalue weighted by Gasteiger charge is 2.53. The molecule has 1 aliphatic rings. The Kier molecular flexibility index (Phi) is 3.69. The lowest BCUT2D eigenvalue weighted by Gasteiger charge is -2.32. The third kappa shape index (κ3) is 2.04. The third-order valence-corrected chi connectivity index (χ3v) is 4.19. The molecule has 1 aromatic rings. The largest absolute Gasteiger partial charge is 0.344 e. The Bertz CT molecular complexity index is 636. The van der Waals surface area contributed by atoms with Crippen molar-refractivity contribution in [2.45, 2.75) is 45.2 Å². The molecular weight excluding hydrogens is 263 g/mol. The molecule has 2 heterocycles. The second-order valence-corrected chi connectivity index (χ2v) is 5.28. The Hall–Kier alpha value is -1.69. The molecule has 0 unspecified atom stereocenters. The van der Waals surface area contributed by atoms with Crippen LogP contribution in [-0.4, -0.2) is 21.3 Å². The van der Waals surface area contributed by atoms with Crippen LogP contribution in [0.1, 0.15) is 33.4 Å². The van der Waals surface area contributed by atoms with Crippen molar-refractivity contribution in [2.75, 3.05) is 0 Å². The molecule has 2 rings (SSSR count). The number of aromatic nitrogens is 2. The molecule has 0 spiro atoms. The third-order valence-electron chi connectivity index (χ3n) is 4.19. The van der Waals surface area contributed by atoms with Crippen molar-refractivity contribution in [1.82, 2.24) is 9.55 Å². The predicted octanol–water partition coefficient (Wildman–Crippen LogP) is 1.76. The number of hydrogen-bond donors (Lipinski definition) is 1. The summed E-state index contributed by atoms with van der Waals surface area (Å²) in [5.74, 6) is -0.422. The molecule has 20 heavy (non-hydrogen) atoms. The van der Waals surface area contributed by atoms with Crippen LogP contribution in [0.2, 0.25) is 0 Å². The first kappa shape index (κ1) is 14.7. The molecular formula is C14H19FN2O3. The molecule has 6 heteroatoms. The summed E-state index contributed by atoms with van der Waals surface area (Å²) in [4.78, 5) is 25.0. The quantitative estimate of drug-likeness (QED) is 0.859. The van der Waals surface area contributed by atoms with E-state index in [2.05, 4.69) is 11.6 Å². The van der Waals surface area contributed by atoms with E-state index >= 15 is 0 Å². The van der Waals surface area contributed by atoms with E-state index in [1.165, 1.54) is 12.3 Å². The molecule has 0 amide bonds. The van der Waals surface area contributed by atoms with Gasteiger partial charge in [-0.05, 0) is 18.9 Å². The van der Waals surface area contributed by atoms with Crippen LogP contribution in [-0.2, 0) is 4.74 Å². The van der Waals surface area contributed by atoms with Crippen molar-refractivity contribution in [3.8, 4) is 0 Å². The van der Waals surface area contributed by atoms with Crippen molar-refractivity contribution < 1.29 is 9.13 Å². The number of nitrogens with zero attached hydrogens (tertiary/aromatic N) is 1. The number of halogens is 1. The number of ether oxygens (including phenoxy) is 1. The Labute approximate surface area is 116 Å². The molecule has 1 aromatic heterocycles. The van der Waals surface area contributed by atoms with Crippen LogP contribution in [0.4, 0.5) is 4.39 Å². The van der Waals surface area contributed by atoms with E-state index in [1.54, 1.807) is 13.8 Å². The summed E-state index contributed by atoms with van der Waals surface area (Å²) in [5, 5.41) is 0. The maximum atomic E-state index is 14.6. The predicted molar refractivity (Wildman–Crippen MR) is 73.3 cm³/mol. The summed E-state index contributed by atoms with van der Waals surface area (Å²) in [5.41, 5.74) is -1.25. The normalized spacial score (nSPS) is 33.3. The van der Waals surface area contributed by atoms with Gasteiger partial charge in [0.2, 0.25) is 0 Å². The first-order chi connectivity index (χ1) is 9.33. The van der Waals surface area contributed by atoms with Crippen LogP contribution in [0.5, 0.6) is 0 Å². The van der Waals surface area contributed by atoms with Crippen LogP contribution in [0.3, 0.4) is 0 Å². The van der Waals surface area contributed by atoms with Crippen LogP contribution in [0.25, 0.3) is 0 Å². The van der Waals surface area contributed by atoms with E-state index in [0.717, 1.165) is 10.1 Å². The molecule has 0 radical (unpaired) electrons. The SMILES string of the molecule is C=C(C)[C@]1(CC)O[C@@H](n2ccc(=O)[nH]c2=O)[C@@H](F)[C@@H]1C. The van der Waals surface area contributed by atoms with Crippen molar-refractivity contribution in [3.63, 3.8) is 0 Å². The maximum Gasteiger partial charge on any atom is 0.330 e. The summed E-state index contributed by atoms with van der Waals surface area (Å²) in [6.45, 7) is 9.34. The molecule has 5 nitrogen and oxygen atoms in total. The lowest BCUT2D eigenvalue weighted by atomic mass is 9.80. The van der Waals surface area contributed by atoms with Gasteiger partial charge in [-0.3, -0.25) is 14.3 Å². The van der Waals surface area contributed by atoms with Crippen LogP contribution < -0.4 is 11.2 Å². The van der Waals surface area contributed by atoms with E-state index in [-0.39, 0.29) is 0 Å². The molecule has 4 atom stereocenters. The van der Waals surface area contributed by atoms with Crippen molar-refractivity contribution in [3.05, 3.63) is 45.3 Å². The van der Waals surface area contributed by atoms with Gasteiger partial charge in [0.15, 0.2) is 12.4 Å². The highest BCUT2D eigenvalue weighted by Crippen LogP contribution is 2.48. The van der Waals surface area contributed by atoms with E-state index in [9.17, 15) is 14.0 Å². The number of aromatic amines is 1. The summed E-state index contributed by atoms with van der Waals surface area (Å²) in [6, 6.07) is 1.18. The Morgan fingerprint density at radius 1 is 1.60 bits per heavy atom. The smallest absolute Gasteiger partial charge is 0.330 e. The van der Waals surface area contributed by atoms with Gasteiger partial charge in [0.25, 0.3) is 5.56 Å². The first-order valence-electron chi connectivity index (χ1n) is 6.63. The van der Waals surface area contributed by atoms with Gasteiger partial charge in [0.1, 0.15) is 0 Å². The number of hydrogen-bond acceptors (Lipinski definition) is 3. The van der Waals surface area contributed by atoms with Gasteiger partial charge < -0.3 is 4.74 Å². The fourth-order valence-electron chi connectivity index (χ4n) is 2.93. The monoisotopic (exact) mass is 282 g/mol. The zero-order chi connectivity index (χ0) is 15.1. The van der Waals surface area contributed by atoms with Gasteiger partial charge in [0, 0.05) is 18.2 Å². The molecule has 1 aliphatic heterocycles. The Morgan fingerprint density at radius 2 is 2.25 bits per heavy atom. The number of rotatable bonds is 3. The van der Waals surface area contributed by atoms with Crippen LogP contribution in [0.15, 0.2) is 34.0 Å². The lowest BCUT2D eigenvalue weighted by molar-refractivity contribution is -0.0702. The van der Waals surface area contributed by atoms with Gasteiger partial charge in [0.05, 0.1) is 5.60 Å². The second kappa shape index (κ2) is 5.01. The van der Waals surface area contributed by atoms with Crippen LogP contribution >= 0.6 is 0 Å². The summed E-state index contributed by atoms with van der Waals surface area (Å²) >= 11 is 0. The van der Waals surface area contributed by atoms with E-state index < -0.39 is 35.2 Å². The number of H-pyrrole nitrogens is 1. The molecule has 0 bridgehead atoms. The highest BCUT2D eigenvalue weighted by molar-refractivity contribution is 5.17.